The summed E-state index contributed by atoms with van der Waals surface area (Å²) in [5.41, 5.74) is 4.28. The van der Waals surface area contributed by atoms with Gasteiger partial charge in [-0.3, -0.25) is 4.98 Å². The van der Waals surface area contributed by atoms with Crippen molar-refractivity contribution in [1.82, 2.24) is 9.97 Å². The van der Waals surface area contributed by atoms with E-state index in [9.17, 15) is 0 Å². The third-order valence-corrected chi connectivity index (χ3v) is 3.76. The maximum atomic E-state index is 4.80. The van der Waals surface area contributed by atoms with Crippen LogP contribution in [0.2, 0.25) is 0 Å². The van der Waals surface area contributed by atoms with Gasteiger partial charge in [0.1, 0.15) is 0 Å². The van der Waals surface area contributed by atoms with Gasteiger partial charge in [-0.1, -0.05) is 0 Å². The minimum Gasteiger partial charge on any atom is -0.372 e. The zero-order chi connectivity index (χ0) is 14.1. The first-order chi connectivity index (χ1) is 9.63. The van der Waals surface area contributed by atoms with Crippen molar-refractivity contribution >= 4 is 11.5 Å². The second kappa shape index (κ2) is 5.12. The Bertz CT molecular complexity index is 624. The number of aryl methyl sites for hydroxylation is 1. The van der Waals surface area contributed by atoms with Crippen molar-refractivity contribution in [2.45, 2.75) is 26.3 Å². The highest BCUT2D eigenvalue weighted by Crippen LogP contribution is 2.30. The molecule has 0 saturated heterocycles. The van der Waals surface area contributed by atoms with E-state index >= 15 is 0 Å². The number of rotatable bonds is 1. The number of hydrogen-bond acceptors (Lipinski definition) is 4. The Morgan fingerprint density at radius 2 is 2.15 bits per heavy atom. The molecule has 0 aromatic carbocycles. The average molecular weight is 268 g/mol. The molecular formula is C16H20N4. The average Bonchev–Trinajstić information content (AvgIpc) is 2.58. The van der Waals surface area contributed by atoms with Crippen LogP contribution in [0.4, 0.5) is 11.5 Å². The van der Waals surface area contributed by atoms with Crippen LogP contribution in [0.1, 0.15) is 19.0 Å². The van der Waals surface area contributed by atoms with Crippen molar-refractivity contribution in [1.29, 1.82) is 0 Å². The topological polar surface area (TPSA) is 41.1 Å². The molecule has 0 spiro atoms. The largest absolute Gasteiger partial charge is 0.372 e. The molecule has 3 heterocycles. The molecular weight excluding hydrogens is 248 g/mol. The van der Waals surface area contributed by atoms with Gasteiger partial charge in [0.15, 0.2) is 5.82 Å². The molecule has 1 aliphatic rings. The van der Waals surface area contributed by atoms with Gasteiger partial charge >= 0.3 is 0 Å². The van der Waals surface area contributed by atoms with E-state index in [2.05, 4.69) is 47.4 Å². The number of fused-ring (bicyclic) bond motifs is 1. The molecule has 0 amide bonds. The van der Waals surface area contributed by atoms with Gasteiger partial charge < -0.3 is 10.2 Å². The molecule has 104 valence electrons. The minimum absolute atomic E-state index is 0.445. The Balaban J connectivity index is 2.04. The summed E-state index contributed by atoms with van der Waals surface area (Å²) in [6, 6.07) is 8.75. The van der Waals surface area contributed by atoms with Gasteiger partial charge in [0.25, 0.3) is 0 Å². The predicted octanol–water partition coefficient (Wildman–Crippen LogP) is 3.09. The van der Waals surface area contributed by atoms with Gasteiger partial charge in [-0.05, 0) is 44.5 Å². The van der Waals surface area contributed by atoms with Gasteiger partial charge in [-0.15, -0.1) is 0 Å². The fourth-order valence-corrected chi connectivity index (χ4v) is 2.55. The molecule has 1 atom stereocenters. The molecule has 0 bridgehead atoms. The van der Waals surface area contributed by atoms with E-state index in [1.807, 2.05) is 19.2 Å². The monoisotopic (exact) mass is 268 g/mol. The summed E-state index contributed by atoms with van der Waals surface area (Å²) in [5, 5.41) is 3.51. The van der Waals surface area contributed by atoms with E-state index in [1.165, 1.54) is 5.69 Å². The highest BCUT2D eigenvalue weighted by atomic mass is 15.2. The van der Waals surface area contributed by atoms with Gasteiger partial charge in [0.05, 0.1) is 11.4 Å². The maximum Gasteiger partial charge on any atom is 0.150 e. The van der Waals surface area contributed by atoms with Crippen LogP contribution >= 0.6 is 0 Å². The van der Waals surface area contributed by atoms with Gasteiger partial charge in [-0.2, -0.15) is 0 Å². The van der Waals surface area contributed by atoms with Crippen molar-refractivity contribution in [2.75, 3.05) is 23.8 Å². The Labute approximate surface area is 119 Å². The lowest BCUT2D eigenvalue weighted by molar-refractivity contribution is 0.710. The highest BCUT2D eigenvalue weighted by molar-refractivity contribution is 5.72. The minimum atomic E-state index is 0.445. The summed E-state index contributed by atoms with van der Waals surface area (Å²) >= 11 is 0. The van der Waals surface area contributed by atoms with E-state index in [4.69, 9.17) is 4.98 Å². The Morgan fingerprint density at radius 1 is 1.30 bits per heavy atom. The fourth-order valence-electron chi connectivity index (χ4n) is 2.55. The van der Waals surface area contributed by atoms with E-state index in [0.717, 1.165) is 35.7 Å². The lowest BCUT2D eigenvalue weighted by Crippen LogP contribution is -2.19. The third-order valence-electron chi connectivity index (χ3n) is 3.76. The molecule has 0 saturated carbocycles. The highest BCUT2D eigenvalue weighted by Gasteiger charge is 2.17. The van der Waals surface area contributed by atoms with Crippen LogP contribution in [0.25, 0.3) is 11.3 Å². The standard InChI is InChI=1S/C16H20N4/c1-11-7-9-20(3)15-5-4-14(19-16(15)18-11)13-6-8-17-12(2)10-13/h4-6,8,10-11H,7,9H2,1-3H3,(H,18,19)/t11-/m1/s1. The first kappa shape index (κ1) is 12.9. The second-order valence-corrected chi connectivity index (χ2v) is 5.51. The van der Waals surface area contributed by atoms with Gasteiger partial charge in [0, 0.05) is 37.1 Å². The van der Waals surface area contributed by atoms with Crippen LogP contribution in [0, 0.1) is 6.92 Å². The van der Waals surface area contributed by atoms with Crippen molar-refractivity contribution < 1.29 is 0 Å². The number of pyridine rings is 2. The molecule has 1 aliphatic heterocycles. The third kappa shape index (κ3) is 2.46. The molecule has 4 heteroatoms. The molecule has 2 aromatic heterocycles. The molecule has 0 unspecified atom stereocenters. The smallest absolute Gasteiger partial charge is 0.150 e. The molecule has 3 rings (SSSR count). The molecule has 0 radical (unpaired) electrons. The maximum absolute atomic E-state index is 4.80. The first-order valence-corrected chi connectivity index (χ1v) is 7.05. The molecule has 0 fully saturated rings. The lowest BCUT2D eigenvalue weighted by Gasteiger charge is -2.18. The second-order valence-electron chi connectivity index (χ2n) is 5.51. The van der Waals surface area contributed by atoms with E-state index in [1.54, 1.807) is 0 Å². The molecule has 1 N–H and O–H groups in total. The molecule has 4 nitrogen and oxygen atoms in total. The van der Waals surface area contributed by atoms with Crippen molar-refractivity contribution in [3.8, 4) is 11.3 Å². The van der Waals surface area contributed by atoms with Crippen LogP contribution in [0.5, 0.6) is 0 Å². The quantitative estimate of drug-likeness (QED) is 0.863. The van der Waals surface area contributed by atoms with Crippen molar-refractivity contribution in [3.05, 3.63) is 36.2 Å². The summed E-state index contributed by atoms with van der Waals surface area (Å²) in [6.45, 7) is 5.26. The summed E-state index contributed by atoms with van der Waals surface area (Å²) in [5.74, 6) is 0.976. The number of nitrogens with zero attached hydrogens (tertiary/aromatic N) is 3. The predicted molar refractivity (Wildman–Crippen MR) is 83.2 cm³/mol. The van der Waals surface area contributed by atoms with Gasteiger partial charge in [0.2, 0.25) is 0 Å². The first-order valence-electron chi connectivity index (χ1n) is 7.05. The van der Waals surface area contributed by atoms with Crippen LogP contribution in [-0.4, -0.2) is 29.6 Å². The summed E-state index contributed by atoms with van der Waals surface area (Å²) in [7, 11) is 2.12. The normalized spacial score (nSPS) is 18.1. The van der Waals surface area contributed by atoms with Crippen molar-refractivity contribution in [3.63, 3.8) is 0 Å². The number of hydrogen-bond donors (Lipinski definition) is 1. The van der Waals surface area contributed by atoms with Crippen molar-refractivity contribution in [2.24, 2.45) is 0 Å². The van der Waals surface area contributed by atoms with Crippen LogP contribution in [0.15, 0.2) is 30.5 Å². The summed E-state index contributed by atoms with van der Waals surface area (Å²) in [6.07, 6.45) is 2.96. The van der Waals surface area contributed by atoms with Crippen LogP contribution in [-0.2, 0) is 0 Å². The summed E-state index contributed by atoms with van der Waals surface area (Å²) in [4.78, 5) is 11.3. The summed E-state index contributed by atoms with van der Waals surface area (Å²) < 4.78 is 0. The zero-order valence-corrected chi connectivity index (χ0v) is 12.2. The van der Waals surface area contributed by atoms with Gasteiger partial charge in [-0.25, -0.2) is 4.98 Å². The molecule has 20 heavy (non-hydrogen) atoms. The number of nitrogens with one attached hydrogen (secondary N) is 1. The SMILES string of the molecule is Cc1cc(-c2ccc3c(n2)N[C@H](C)CCN3C)ccn1. The van der Waals surface area contributed by atoms with Crippen LogP contribution in [0.3, 0.4) is 0 Å². The Morgan fingerprint density at radius 3 is 2.95 bits per heavy atom. The molecule has 2 aromatic rings. The van der Waals surface area contributed by atoms with E-state index in [0.29, 0.717) is 6.04 Å². The van der Waals surface area contributed by atoms with E-state index in [-0.39, 0.29) is 0 Å². The Hall–Kier alpha value is -2.10. The fraction of sp³-hybridized carbons (Fsp3) is 0.375. The lowest BCUT2D eigenvalue weighted by atomic mass is 10.1. The van der Waals surface area contributed by atoms with E-state index < -0.39 is 0 Å². The number of anilines is 2. The molecule has 0 aliphatic carbocycles. The Kier molecular flexibility index (Phi) is 3.30. The van der Waals surface area contributed by atoms with Crippen LogP contribution < -0.4 is 10.2 Å². The zero-order valence-electron chi connectivity index (χ0n) is 12.2. The number of aromatic nitrogens is 2.